The van der Waals surface area contributed by atoms with E-state index in [1.165, 1.54) is 72.8 Å². The van der Waals surface area contributed by atoms with Crippen LogP contribution in [0.2, 0.25) is 15.1 Å². The van der Waals surface area contributed by atoms with E-state index in [9.17, 15) is 27.6 Å². The van der Waals surface area contributed by atoms with Crippen LogP contribution in [0.25, 0.3) is 32.7 Å². The van der Waals surface area contributed by atoms with Crippen molar-refractivity contribution < 1.29 is 56.0 Å². The van der Waals surface area contributed by atoms with Crippen LogP contribution in [0.5, 0.6) is 34.5 Å². The Morgan fingerprint density at radius 2 is 0.714 bits per heavy atom. The molecule has 1 saturated heterocycles. The van der Waals surface area contributed by atoms with Crippen LogP contribution in [-0.4, -0.2) is 169 Å². The molecular formula is C98H99Cl3F3N13O9. The lowest BCUT2D eigenvalue weighted by atomic mass is 9.92. The standard InChI is InChI=1S/C34H35ClFN5O3.C33H36ClFN4O3.C31H28ClFN4O3/c35-25-6-13-31-30(22-25)29-14-19-41(34(42)44-28-11-7-26(36)8-12-28)33(32(29)39-31)24-4-9-27(10-5-24)43-21-2-1-15-37-16-3-18-40-20-17-38-23-40;1-37-17-19-38(20-18-37)15-2-3-21-41-26-9-4-23(5-10-26)32-31-28(29-22-24(34)6-13-30(29)36-31)14-16-39(32)33(40)42-27-11-7-25(35)8-12-27;32-22-5-12-28-27(19-22)26-13-16-37(31(38)40-25-10-6-23(33)7-11-25)30(29(26)35-28)21-3-8-24(9-4-21)39-18-2-1-15-36-17-14-34-20-36/h4-13,17,20,22-23,33,37,39H,1-3,14-16,18-19,21H2;4-13,22,32,36H,2-3,14-21H2,1H3;3-12,14,17,19-20,30,35H,1-2,13,15-16,18H2. The number of aromatic amines is 3. The molecule has 4 aliphatic rings. The molecule has 5 aromatic heterocycles. The first kappa shape index (κ1) is 87.3. The third kappa shape index (κ3) is 22.0. The first-order valence-corrected chi connectivity index (χ1v) is 44.0. The summed E-state index contributed by atoms with van der Waals surface area (Å²) in [6.07, 6.45) is 18.7. The average molecular weight is 1770 g/mol. The van der Waals surface area contributed by atoms with E-state index in [2.05, 4.69) is 56.2 Å². The molecular weight excluding hydrogens is 1670 g/mol. The number of nitrogens with zero attached hydrogens (tertiary/aromatic N) is 9. The van der Waals surface area contributed by atoms with Crippen LogP contribution in [0.3, 0.4) is 0 Å². The van der Waals surface area contributed by atoms with Crippen LogP contribution < -0.4 is 33.7 Å². The molecule has 9 heterocycles. The van der Waals surface area contributed by atoms with Crippen molar-refractivity contribution in [2.24, 2.45) is 0 Å². The Morgan fingerprint density at radius 1 is 0.389 bits per heavy atom. The van der Waals surface area contributed by atoms with Crippen LogP contribution in [-0.2, 0) is 32.4 Å². The number of piperazine rings is 1. The number of benzene rings is 9. The fourth-order valence-electron chi connectivity index (χ4n) is 16.8. The molecule has 126 heavy (non-hydrogen) atoms. The number of hydrogen-bond donors (Lipinski definition) is 4. The Hall–Kier alpha value is -12.2. The van der Waals surface area contributed by atoms with Crippen molar-refractivity contribution in [3.05, 3.63) is 321 Å². The molecule has 3 atom stereocenters. The van der Waals surface area contributed by atoms with Gasteiger partial charge < -0.3 is 67.6 Å². The molecule has 0 spiro atoms. The first-order valence-electron chi connectivity index (χ1n) is 42.9. The monoisotopic (exact) mass is 1760 g/mol. The molecule has 0 radical (unpaired) electrons. The number of aromatic nitrogens is 7. The van der Waals surface area contributed by atoms with Crippen molar-refractivity contribution in [1.82, 2.24) is 63.9 Å². The maximum Gasteiger partial charge on any atom is 0.416 e. The highest BCUT2D eigenvalue weighted by molar-refractivity contribution is 6.32. The minimum absolute atomic E-state index is 0.288. The number of H-pyrrole nitrogens is 3. The number of imidazole rings is 2. The summed E-state index contributed by atoms with van der Waals surface area (Å²) >= 11 is 19.0. The van der Waals surface area contributed by atoms with Gasteiger partial charge in [0.2, 0.25) is 0 Å². The molecule has 1 fully saturated rings. The summed E-state index contributed by atoms with van der Waals surface area (Å²) in [5.74, 6) is 2.06. The number of unbranched alkanes of at least 4 members (excludes halogenated alkanes) is 3. The smallest absolute Gasteiger partial charge is 0.416 e. The van der Waals surface area contributed by atoms with Gasteiger partial charge in [-0.3, -0.25) is 14.7 Å². The van der Waals surface area contributed by atoms with Crippen LogP contribution in [0, 0.1) is 17.5 Å². The number of rotatable bonds is 28. The van der Waals surface area contributed by atoms with E-state index >= 15 is 0 Å². The first-order chi connectivity index (χ1) is 61.5. The number of halogens is 6. The number of ether oxygens (including phenoxy) is 6. The van der Waals surface area contributed by atoms with Gasteiger partial charge in [0.05, 0.1) is 32.5 Å². The van der Waals surface area contributed by atoms with E-state index in [1.807, 2.05) is 152 Å². The Bertz CT molecular complexity index is 5940. The number of hydrogen-bond acceptors (Lipinski definition) is 14. The average Bonchev–Trinajstić information content (AvgIpc) is 1.60. The lowest BCUT2D eigenvalue weighted by Gasteiger charge is -2.35. The predicted octanol–water partition coefficient (Wildman–Crippen LogP) is 20.8. The second-order valence-electron chi connectivity index (χ2n) is 31.8. The molecule has 9 aromatic carbocycles. The molecule has 0 bridgehead atoms. The van der Waals surface area contributed by atoms with Crippen molar-refractivity contribution in [2.45, 2.75) is 95.4 Å². The largest absolute Gasteiger partial charge is 0.494 e. The molecule has 3 amide bonds. The number of amides is 3. The molecule has 3 unspecified atom stereocenters. The fraction of sp³-hybridized carbons (Fsp3) is 0.296. The van der Waals surface area contributed by atoms with Gasteiger partial charge >= 0.3 is 18.3 Å². The van der Waals surface area contributed by atoms with Crippen LogP contribution in [0.15, 0.2) is 238 Å². The highest BCUT2D eigenvalue weighted by Gasteiger charge is 2.40. The summed E-state index contributed by atoms with van der Waals surface area (Å²) in [5, 5.41) is 8.64. The van der Waals surface area contributed by atoms with Gasteiger partial charge in [0.25, 0.3) is 0 Å². The number of likely N-dealkylation sites (N-methyl/N-ethyl adjacent to an activating group) is 1. The Morgan fingerprint density at radius 3 is 1.06 bits per heavy atom. The number of nitrogens with one attached hydrogen (secondary N) is 4. The second kappa shape index (κ2) is 41.7. The van der Waals surface area contributed by atoms with Crippen LogP contribution in [0.1, 0.15) is 114 Å². The summed E-state index contributed by atoms with van der Waals surface area (Å²) in [5.41, 5.74) is 11.9. The van der Waals surface area contributed by atoms with Gasteiger partial charge in [0, 0.05) is 149 Å². The van der Waals surface area contributed by atoms with Crippen molar-refractivity contribution >= 4 is 85.8 Å². The van der Waals surface area contributed by atoms with Gasteiger partial charge in [-0.2, -0.15) is 0 Å². The maximum atomic E-state index is 13.5. The second-order valence-corrected chi connectivity index (χ2v) is 33.2. The highest BCUT2D eigenvalue weighted by atomic mass is 35.5. The van der Waals surface area contributed by atoms with E-state index in [-0.39, 0.29) is 17.3 Å². The summed E-state index contributed by atoms with van der Waals surface area (Å²) in [6, 6.07) is 56.1. The number of aryl methyl sites for hydroxylation is 2. The zero-order valence-electron chi connectivity index (χ0n) is 69.9. The summed E-state index contributed by atoms with van der Waals surface area (Å²) in [4.78, 5) is 69.1. The molecule has 0 aliphatic carbocycles. The zero-order valence-corrected chi connectivity index (χ0v) is 72.2. The number of carbonyl (C=O) groups is 3. The normalized spacial score (nSPS) is 15.7. The summed E-state index contributed by atoms with van der Waals surface area (Å²) < 4.78 is 79.4. The maximum absolute atomic E-state index is 13.5. The van der Waals surface area contributed by atoms with Crippen LogP contribution >= 0.6 is 34.8 Å². The molecule has 652 valence electrons. The molecule has 4 aliphatic heterocycles. The fourth-order valence-corrected chi connectivity index (χ4v) is 17.3. The van der Waals surface area contributed by atoms with E-state index < -0.39 is 48.0 Å². The van der Waals surface area contributed by atoms with Gasteiger partial charge in [-0.05, 0) is 288 Å². The third-order valence-electron chi connectivity index (χ3n) is 23.3. The Kier molecular flexibility index (Phi) is 28.9. The lowest BCUT2D eigenvalue weighted by Crippen LogP contribution is -2.44. The van der Waals surface area contributed by atoms with E-state index in [1.54, 1.807) is 27.1 Å². The minimum atomic E-state index is -0.503. The third-order valence-corrected chi connectivity index (χ3v) is 24.0. The SMILES string of the molecule is CN1CCN(CCCCOc2ccc(C3c4[nH]c5ccc(Cl)cc5c4CCN3C(=O)Oc3ccc(F)cc3)cc2)CC1.O=C(Oc1ccc(F)cc1)N1CCc2c([nH]c3ccc(Cl)cc23)C1c1ccc(OCCCCNCCCn2ccnc2)cc1.O=C(Oc1ccc(F)cc1)N1CCc2c([nH]c3ccc(Cl)cc23)C1c1ccc(OCCCCn2ccnc2)cc1. The van der Waals surface area contributed by atoms with Crippen LogP contribution in [0.4, 0.5) is 27.6 Å². The van der Waals surface area contributed by atoms with E-state index in [4.69, 9.17) is 63.2 Å². The van der Waals surface area contributed by atoms with Crippen molar-refractivity contribution in [3.8, 4) is 34.5 Å². The molecule has 18 rings (SSSR count). The summed E-state index contributed by atoms with van der Waals surface area (Å²) in [6.45, 7) is 12.7. The van der Waals surface area contributed by atoms with Gasteiger partial charge in [0.15, 0.2) is 0 Å². The predicted molar refractivity (Wildman–Crippen MR) is 483 cm³/mol. The van der Waals surface area contributed by atoms with Gasteiger partial charge in [-0.15, -0.1) is 0 Å². The van der Waals surface area contributed by atoms with Crippen molar-refractivity contribution in [1.29, 1.82) is 0 Å². The number of fused-ring (bicyclic) bond motifs is 9. The molecule has 28 heteroatoms. The van der Waals surface area contributed by atoms with E-state index in [0.29, 0.717) is 79.5 Å². The van der Waals surface area contributed by atoms with Crippen molar-refractivity contribution in [3.63, 3.8) is 0 Å². The molecule has 0 saturated carbocycles. The zero-order chi connectivity index (χ0) is 86.8. The molecule has 22 nitrogen and oxygen atoms in total. The van der Waals surface area contributed by atoms with Crippen molar-refractivity contribution in [2.75, 3.05) is 92.3 Å². The van der Waals surface area contributed by atoms with Gasteiger partial charge in [-0.25, -0.2) is 37.5 Å². The highest BCUT2D eigenvalue weighted by Crippen LogP contribution is 2.44. The van der Waals surface area contributed by atoms with Gasteiger partial charge in [0.1, 0.15) is 70.1 Å². The van der Waals surface area contributed by atoms with Gasteiger partial charge in [-0.1, -0.05) is 71.2 Å². The molecule has 4 N–H and O–H groups in total. The summed E-state index contributed by atoms with van der Waals surface area (Å²) in [7, 11) is 2.18. The lowest BCUT2D eigenvalue weighted by molar-refractivity contribution is 0.134. The Labute approximate surface area is 744 Å². The number of carbonyl (C=O) groups excluding carboxylic acids is 3. The topological polar surface area (TPSA) is 218 Å². The van der Waals surface area contributed by atoms with E-state index in [0.717, 1.165) is 204 Å². The minimum Gasteiger partial charge on any atom is -0.494 e. The molecule has 14 aromatic rings. The Balaban J connectivity index is 0.000000139. The quantitative estimate of drug-likeness (QED) is 0.0336.